The molecule has 0 amide bonds. The Morgan fingerprint density at radius 2 is 1.92 bits per heavy atom. The first kappa shape index (κ1) is 12.4. The molecule has 0 saturated heterocycles. The molecule has 2 atom stereocenters. The molecule has 0 aromatic heterocycles. The van der Waals surface area contributed by atoms with Crippen molar-refractivity contribution < 1.29 is 15.3 Å². The number of rotatable bonds is 6. The summed E-state index contributed by atoms with van der Waals surface area (Å²) in [6, 6.07) is 0. The number of hydrogen-bond acceptors (Lipinski definition) is 3. The Morgan fingerprint density at radius 3 is 2.46 bits per heavy atom. The summed E-state index contributed by atoms with van der Waals surface area (Å²) in [6.45, 7) is 1.84. The SMILES string of the molecule is CC=CC=CC(O)CC(O)CCO. The third-order valence-corrected chi connectivity index (χ3v) is 1.61. The highest BCUT2D eigenvalue weighted by atomic mass is 16.3. The van der Waals surface area contributed by atoms with Crippen molar-refractivity contribution in [2.45, 2.75) is 32.0 Å². The summed E-state index contributed by atoms with van der Waals surface area (Å²) in [5.41, 5.74) is 0. The molecular weight excluding hydrogens is 168 g/mol. The lowest BCUT2D eigenvalue weighted by molar-refractivity contribution is 0.0825. The molecular formula is C10H18O3. The van der Waals surface area contributed by atoms with Crippen LogP contribution in [-0.2, 0) is 0 Å². The number of hydrogen-bond donors (Lipinski definition) is 3. The van der Waals surface area contributed by atoms with E-state index in [1.807, 2.05) is 19.1 Å². The lowest BCUT2D eigenvalue weighted by Crippen LogP contribution is -2.16. The quantitative estimate of drug-likeness (QED) is 0.533. The van der Waals surface area contributed by atoms with Crippen molar-refractivity contribution in [1.29, 1.82) is 0 Å². The summed E-state index contributed by atoms with van der Waals surface area (Å²) in [4.78, 5) is 0. The van der Waals surface area contributed by atoms with Crippen LogP contribution >= 0.6 is 0 Å². The minimum absolute atomic E-state index is 0.0491. The molecule has 0 saturated carbocycles. The zero-order valence-corrected chi connectivity index (χ0v) is 7.93. The zero-order chi connectivity index (χ0) is 10.1. The van der Waals surface area contributed by atoms with Gasteiger partial charge in [-0.2, -0.15) is 0 Å². The largest absolute Gasteiger partial charge is 0.396 e. The van der Waals surface area contributed by atoms with E-state index < -0.39 is 12.2 Å². The molecule has 0 aliphatic rings. The molecule has 0 heterocycles. The normalized spacial score (nSPS) is 16.9. The minimum atomic E-state index is -0.641. The molecule has 2 unspecified atom stereocenters. The molecule has 0 rings (SSSR count). The van der Waals surface area contributed by atoms with Crippen LogP contribution in [0.2, 0.25) is 0 Å². The first-order chi connectivity index (χ1) is 6.20. The molecule has 3 nitrogen and oxygen atoms in total. The second kappa shape index (κ2) is 7.98. The molecule has 0 aliphatic carbocycles. The van der Waals surface area contributed by atoms with Crippen molar-refractivity contribution in [2.75, 3.05) is 6.61 Å². The Balaban J connectivity index is 3.66. The summed E-state index contributed by atoms with van der Waals surface area (Å²) in [5, 5.41) is 27.0. The van der Waals surface area contributed by atoms with Crippen molar-refractivity contribution in [2.24, 2.45) is 0 Å². The van der Waals surface area contributed by atoms with E-state index in [2.05, 4.69) is 0 Å². The maximum atomic E-state index is 9.31. The maximum absolute atomic E-state index is 9.31. The topological polar surface area (TPSA) is 60.7 Å². The minimum Gasteiger partial charge on any atom is -0.396 e. The molecule has 13 heavy (non-hydrogen) atoms. The van der Waals surface area contributed by atoms with Crippen LogP contribution in [0.5, 0.6) is 0 Å². The van der Waals surface area contributed by atoms with Gasteiger partial charge in [0.15, 0.2) is 0 Å². The van der Waals surface area contributed by atoms with Crippen molar-refractivity contribution in [1.82, 2.24) is 0 Å². The van der Waals surface area contributed by atoms with Gasteiger partial charge in [-0.1, -0.05) is 24.3 Å². The van der Waals surface area contributed by atoms with E-state index in [0.29, 0.717) is 6.42 Å². The average Bonchev–Trinajstić information content (AvgIpc) is 2.05. The van der Waals surface area contributed by atoms with E-state index in [1.54, 1.807) is 12.2 Å². The fourth-order valence-electron chi connectivity index (χ4n) is 0.928. The second-order valence-electron chi connectivity index (χ2n) is 2.88. The molecule has 3 heteroatoms. The van der Waals surface area contributed by atoms with Crippen LogP contribution in [-0.4, -0.2) is 34.1 Å². The Bertz CT molecular complexity index is 164. The smallest absolute Gasteiger partial charge is 0.0748 e. The molecule has 0 fully saturated rings. The van der Waals surface area contributed by atoms with Crippen LogP contribution in [0.25, 0.3) is 0 Å². The molecule has 0 bridgehead atoms. The second-order valence-corrected chi connectivity index (χ2v) is 2.88. The monoisotopic (exact) mass is 186 g/mol. The van der Waals surface area contributed by atoms with Gasteiger partial charge in [-0.3, -0.25) is 0 Å². The molecule has 0 radical (unpaired) electrons. The van der Waals surface area contributed by atoms with Gasteiger partial charge >= 0.3 is 0 Å². The predicted octanol–water partition coefficient (Wildman–Crippen LogP) is 0.613. The Morgan fingerprint density at radius 1 is 1.23 bits per heavy atom. The molecule has 76 valence electrons. The Hall–Kier alpha value is -0.640. The van der Waals surface area contributed by atoms with Gasteiger partial charge in [0, 0.05) is 13.0 Å². The fourth-order valence-corrected chi connectivity index (χ4v) is 0.928. The zero-order valence-electron chi connectivity index (χ0n) is 7.93. The summed E-state index contributed by atoms with van der Waals surface area (Å²) < 4.78 is 0. The molecule has 0 aliphatic heterocycles. The van der Waals surface area contributed by atoms with Crippen LogP contribution in [0.4, 0.5) is 0 Å². The van der Waals surface area contributed by atoms with Crippen molar-refractivity contribution in [3.8, 4) is 0 Å². The van der Waals surface area contributed by atoms with E-state index >= 15 is 0 Å². The maximum Gasteiger partial charge on any atom is 0.0748 e. The van der Waals surface area contributed by atoms with Crippen LogP contribution in [0.15, 0.2) is 24.3 Å². The number of aliphatic hydroxyl groups is 3. The third kappa shape index (κ3) is 7.71. The standard InChI is InChI=1S/C10H18O3/c1-2-3-4-5-9(12)8-10(13)6-7-11/h2-5,9-13H,6-8H2,1H3. The van der Waals surface area contributed by atoms with E-state index in [4.69, 9.17) is 5.11 Å². The molecule has 0 aromatic rings. The highest BCUT2D eigenvalue weighted by molar-refractivity contribution is 5.03. The van der Waals surface area contributed by atoms with Crippen LogP contribution in [0.1, 0.15) is 19.8 Å². The van der Waals surface area contributed by atoms with Gasteiger partial charge in [0.2, 0.25) is 0 Å². The first-order valence-electron chi connectivity index (χ1n) is 4.47. The summed E-state index contributed by atoms with van der Waals surface area (Å²) in [6.07, 6.45) is 6.32. The molecule has 0 spiro atoms. The average molecular weight is 186 g/mol. The van der Waals surface area contributed by atoms with E-state index in [1.165, 1.54) is 0 Å². The van der Waals surface area contributed by atoms with Crippen LogP contribution in [0.3, 0.4) is 0 Å². The summed E-state index contributed by atoms with van der Waals surface area (Å²) in [5.74, 6) is 0. The van der Waals surface area contributed by atoms with Crippen LogP contribution in [0, 0.1) is 0 Å². The number of allylic oxidation sites excluding steroid dienone is 3. The van der Waals surface area contributed by atoms with Gasteiger partial charge in [-0.15, -0.1) is 0 Å². The van der Waals surface area contributed by atoms with Crippen LogP contribution < -0.4 is 0 Å². The summed E-state index contributed by atoms with van der Waals surface area (Å²) >= 11 is 0. The highest BCUT2D eigenvalue weighted by Gasteiger charge is 2.07. The third-order valence-electron chi connectivity index (χ3n) is 1.61. The lowest BCUT2D eigenvalue weighted by atomic mass is 10.1. The number of aliphatic hydroxyl groups excluding tert-OH is 3. The Kier molecular flexibility index (Phi) is 7.59. The van der Waals surface area contributed by atoms with Gasteiger partial charge in [0.25, 0.3) is 0 Å². The Labute approximate surface area is 79.0 Å². The molecule has 0 aromatic carbocycles. The van der Waals surface area contributed by atoms with Crippen molar-refractivity contribution >= 4 is 0 Å². The van der Waals surface area contributed by atoms with E-state index in [9.17, 15) is 10.2 Å². The summed E-state index contributed by atoms with van der Waals surface area (Å²) in [7, 11) is 0. The van der Waals surface area contributed by atoms with Gasteiger partial charge in [-0.25, -0.2) is 0 Å². The fraction of sp³-hybridized carbons (Fsp3) is 0.600. The van der Waals surface area contributed by atoms with Gasteiger partial charge in [-0.05, 0) is 13.3 Å². The van der Waals surface area contributed by atoms with E-state index in [-0.39, 0.29) is 13.0 Å². The van der Waals surface area contributed by atoms with Gasteiger partial charge in [0.05, 0.1) is 12.2 Å². The van der Waals surface area contributed by atoms with E-state index in [0.717, 1.165) is 0 Å². The lowest BCUT2D eigenvalue weighted by Gasteiger charge is -2.10. The van der Waals surface area contributed by atoms with Crippen molar-refractivity contribution in [3.05, 3.63) is 24.3 Å². The predicted molar refractivity (Wildman–Crippen MR) is 52.3 cm³/mol. The van der Waals surface area contributed by atoms with Gasteiger partial charge in [0.1, 0.15) is 0 Å². The highest BCUT2D eigenvalue weighted by Crippen LogP contribution is 2.03. The van der Waals surface area contributed by atoms with Gasteiger partial charge < -0.3 is 15.3 Å². The molecule has 3 N–H and O–H groups in total. The van der Waals surface area contributed by atoms with Crippen molar-refractivity contribution in [3.63, 3.8) is 0 Å². The first-order valence-corrected chi connectivity index (χ1v) is 4.47.